The predicted octanol–water partition coefficient (Wildman–Crippen LogP) is 4.45. The van der Waals surface area contributed by atoms with E-state index in [9.17, 15) is 9.59 Å². The molecule has 9 heteroatoms. The minimum absolute atomic E-state index is 0.121. The summed E-state index contributed by atoms with van der Waals surface area (Å²) in [6.45, 7) is 4.06. The number of aromatic nitrogens is 4. The number of para-hydroxylation sites is 1. The summed E-state index contributed by atoms with van der Waals surface area (Å²) in [6, 6.07) is 16.9. The number of rotatable bonds is 6. The molecule has 0 unspecified atom stereocenters. The van der Waals surface area contributed by atoms with Gasteiger partial charge in [0.25, 0.3) is 5.56 Å². The summed E-state index contributed by atoms with van der Waals surface area (Å²) in [5.74, 6) is 0.524. The number of nitrogens with zero attached hydrogens (tertiary/aromatic N) is 4. The van der Waals surface area contributed by atoms with Crippen LogP contribution in [0.2, 0.25) is 0 Å². The normalized spacial score (nSPS) is 11.3. The average Bonchev–Trinajstić information content (AvgIpc) is 3.39. The molecule has 0 aliphatic carbocycles. The van der Waals surface area contributed by atoms with Gasteiger partial charge in [-0.1, -0.05) is 29.5 Å². The summed E-state index contributed by atoms with van der Waals surface area (Å²) in [7, 11) is 1.61. The van der Waals surface area contributed by atoms with Gasteiger partial charge in [0.2, 0.25) is 5.91 Å². The molecule has 172 valence electrons. The van der Waals surface area contributed by atoms with Crippen LogP contribution in [0.3, 0.4) is 0 Å². The largest absolute Gasteiger partial charge is 0.497 e. The predicted molar refractivity (Wildman–Crippen MR) is 134 cm³/mol. The van der Waals surface area contributed by atoms with Crippen LogP contribution < -0.4 is 15.6 Å². The van der Waals surface area contributed by atoms with E-state index in [-0.39, 0.29) is 24.4 Å². The van der Waals surface area contributed by atoms with E-state index in [0.717, 1.165) is 38.3 Å². The molecular formula is C25H23N5O3S. The van der Waals surface area contributed by atoms with Gasteiger partial charge >= 0.3 is 0 Å². The molecule has 0 bridgehead atoms. The third kappa shape index (κ3) is 3.94. The molecule has 5 aromatic rings. The standard InChI is InChI=1S/C25H23N5O3S/c1-15-13-22(32)29(24-23(15)16(2)28-30(24)17-7-5-4-6-8-17)12-11-21(31)27-25-26-19-10-9-18(33-3)14-20(19)34-25/h4-10,13-14H,11-12H2,1-3H3,(H,26,27,31). The van der Waals surface area contributed by atoms with E-state index in [0.29, 0.717) is 10.8 Å². The molecule has 0 saturated carbocycles. The molecule has 0 spiro atoms. The lowest BCUT2D eigenvalue weighted by molar-refractivity contribution is -0.116. The fourth-order valence-corrected chi connectivity index (χ4v) is 5.02. The van der Waals surface area contributed by atoms with Gasteiger partial charge in [-0.15, -0.1) is 0 Å². The number of carbonyl (C=O) groups excluding carboxylic acids is 1. The summed E-state index contributed by atoms with van der Waals surface area (Å²) in [6.07, 6.45) is 0.121. The van der Waals surface area contributed by atoms with Crippen LogP contribution in [0.1, 0.15) is 17.7 Å². The first-order chi connectivity index (χ1) is 16.4. The number of methoxy groups -OCH3 is 1. The summed E-state index contributed by atoms with van der Waals surface area (Å²) in [4.78, 5) is 30.2. The van der Waals surface area contributed by atoms with Crippen LogP contribution in [0.5, 0.6) is 5.75 Å². The summed E-state index contributed by atoms with van der Waals surface area (Å²) in [5.41, 5.74) is 3.87. The molecule has 34 heavy (non-hydrogen) atoms. The highest BCUT2D eigenvalue weighted by atomic mass is 32.1. The molecule has 8 nitrogen and oxygen atoms in total. The Morgan fingerprint density at radius 3 is 2.68 bits per heavy atom. The maximum atomic E-state index is 13.0. The van der Waals surface area contributed by atoms with Crippen molar-refractivity contribution in [3.05, 3.63) is 76.2 Å². The van der Waals surface area contributed by atoms with Gasteiger partial charge in [-0.2, -0.15) is 5.10 Å². The van der Waals surface area contributed by atoms with Crippen molar-refractivity contribution >= 4 is 43.6 Å². The Labute approximate surface area is 199 Å². The number of ether oxygens (including phenoxy) is 1. The number of anilines is 1. The maximum Gasteiger partial charge on any atom is 0.252 e. The number of fused-ring (bicyclic) bond motifs is 2. The molecule has 0 fully saturated rings. The molecule has 0 saturated heterocycles. The Bertz CT molecular complexity index is 1580. The lowest BCUT2D eigenvalue weighted by Gasteiger charge is -2.12. The zero-order chi connectivity index (χ0) is 23.8. The zero-order valence-electron chi connectivity index (χ0n) is 19.0. The van der Waals surface area contributed by atoms with Gasteiger partial charge in [0.05, 0.1) is 28.7 Å². The molecule has 0 aliphatic heterocycles. The third-order valence-corrected chi connectivity index (χ3v) is 6.63. The first kappa shape index (κ1) is 21.8. The third-order valence-electron chi connectivity index (χ3n) is 5.70. The van der Waals surface area contributed by atoms with E-state index in [1.807, 2.05) is 62.4 Å². The fraction of sp³-hybridized carbons (Fsp3) is 0.200. The lowest BCUT2D eigenvalue weighted by atomic mass is 10.1. The number of hydrogen-bond acceptors (Lipinski definition) is 6. The van der Waals surface area contributed by atoms with Crippen LogP contribution in [0.15, 0.2) is 59.4 Å². The van der Waals surface area contributed by atoms with Crippen LogP contribution in [-0.4, -0.2) is 32.3 Å². The highest BCUT2D eigenvalue weighted by molar-refractivity contribution is 7.22. The number of thiazole rings is 1. The second-order valence-electron chi connectivity index (χ2n) is 8.00. The van der Waals surface area contributed by atoms with Gasteiger partial charge in [0.15, 0.2) is 5.13 Å². The van der Waals surface area contributed by atoms with Gasteiger partial charge in [0, 0.05) is 24.4 Å². The lowest BCUT2D eigenvalue weighted by Crippen LogP contribution is -2.25. The van der Waals surface area contributed by atoms with Crippen molar-refractivity contribution in [3.8, 4) is 11.4 Å². The van der Waals surface area contributed by atoms with Crippen LogP contribution >= 0.6 is 11.3 Å². The molecule has 5 rings (SSSR count). The minimum Gasteiger partial charge on any atom is -0.497 e. The topological polar surface area (TPSA) is 91.0 Å². The van der Waals surface area contributed by atoms with Gasteiger partial charge in [0.1, 0.15) is 11.4 Å². The van der Waals surface area contributed by atoms with Crippen molar-refractivity contribution in [2.45, 2.75) is 26.8 Å². The maximum absolute atomic E-state index is 13.0. The molecule has 1 amide bonds. The molecule has 3 heterocycles. The Morgan fingerprint density at radius 1 is 1.12 bits per heavy atom. The van der Waals surface area contributed by atoms with Crippen LogP contribution in [0.25, 0.3) is 26.9 Å². The van der Waals surface area contributed by atoms with Gasteiger partial charge in [-0.05, 0) is 49.7 Å². The van der Waals surface area contributed by atoms with Gasteiger partial charge < -0.3 is 10.1 Å². The number of carbonyl (C=O) groups is 1. The van der Waals surface area contributed by atoms with Crippen LogP contribution in [-0.2, 0) is 11.3 Å². The summed E-state index contributed by atoms with van der Waals surface area (Å²) >= 11 is 1.38. The molecule has 0 radical (unpaired) electrons. The minimum atomic E-state index is -0.214. The molecule has 0 aliphatic rings. The first-order valence-electron chi connectivity index (χ1n) is 10.8. The fourth-order valence-electron chi connectivity index (χ4n) is 4.11. The van der Waals surface area contributed by atoms with Gasteiger partial charge in [-0.3, -0.25) is 14.2 Å². The second kappa shape index (κ2) is 8.75. The number of aryl methyl sites for hydroxylation is 3. The Balaban J connectivity index is 1.44. The SMILES string of the molecule is COc1ccc2nc(NC(=O)CCn3c(=O)cc(C)c4c(C)nn(-c5ccccc5)c43)sc2c1. The molecule has 2 aromatic carbocycles. The highest BCUT2D eigenvalue weighted by Gasteiger charge is 2.18. The molecule has 0 atom stereocenters. The van der Waals surface area contributed by atoms with Gasteiger partial charge in [-0.25, -0.2) is 9.67 Å². The number of nitrogens with one attached hydrogen (secondary N) is 1. The number of pyridine rings is 1. The van der Waals surface area contributed by atoms with E-state index in [4.69, 9.17) is 9.84 Å². The smallest absolute Gasteiger partial charge is 0.252 e. The van der Waals surface area contributed by atoms with E-state index in [2.05, 4.69) is 10.3 Å². The molecule has 3 aromatic heterocycles. The number of benzene rings is 2. The zero-order valence-corrected chi connectivity index (χ0v) is 19.8. The summed E-state index contributed by atoms with van der Waals surface area (Å²) < 4.78 is 9.57. The van der Waals surface area contributed by atoms with Crippen molar-refractivity contribution in [1.82, 2.24) is 19.3 Å². The quantitative estimate of drug-likeness (QED) is 0.393. The second-order valence-corrected chi connectivity index (χ2v) is 9.03. The van der Waals surface area contributed by atoms with Crippen molar-refractivity contribution in [2.75, 3.05) is 12.4 Å². The van der Waals surface area contributed by atoms with Crippen LogP contribution in [0, 0.1) is 13.8 Å². The van der Waals surface area contributed by atoms with Crippen molar-refractivity contribution < 1.29 is 9.53 Å². The first-order valence-corrected chi connectivity index (χ1v) is 11.7. The van der Waals surface area contributed by atoms with E-state index in [1.54, 1.807) is 22.4 Å². The Kier molecular flexibility index (Phi) is 5.62. The highest BCUT2D eigenvalue weighted by Crippen LogP contribution is 2.29. The molecular weight excluding hydrogens is 450 g/mol. The van der Waals surface area contributed by atoms with E-state index < -0.39 is 0 Å². The van der Waals surface area contributed by atoms with Crippen molar-refractivity contribution in [3.63, 3.8) is 0 Å². The monoisotopic (exact) mass is 473 g/mol. The number of hydrogen-bond donors (Lipinski definition) is 1. The van der Waals surface area contributed by atoms with Crippen molar-refractivity contribution in [1.29, 1.82) is 0 Å². The van der Waals surface area contributed by atoms with E-state index >= 15 is 0 Å². The van der Waals surface area contributed by atoms with E-state index in [1.165, 1.54) is 11.3 Å². The van der Waals surface area contributed by atoms with Crippen LogP contribution in [0.4, 0.5) is 5.13 Å². The average molecular weight is 474 g/mol. The molecule has 1 N–H and O–H groups in total. The Morgan fingerprint density at radius 2 is 1.91 bits per heavy atom. The summed E-state index contributed by atoms with van der Waals surface area (Å²) in [5, 5.41) is 8.99. The number of amides is 1. The van der Waals surface area contributed by atoms with Crippen molar-refractivity contribution in [2.24, 2.45) is 0 Å². The Hall–Kier alpha value is -3.98.